The van der Waals surface area contributed by atoms with E-state index in [4.69, 9.17) is 4.74 Å². The van der Waals surface area contributed by atoms with Crippen molar-refractivity contribution >= 4 is 12.0 Å². The van der Waals surface area contributed by atoms with E-state index in [0.717, 1.165) is 12.8 Å². The number of hydrogen-bond donors (Lipinski definition) is 1. The quantitative estimate of drug-likeness (QED) is 0.850. The van der Waals surface area contributed by atoms with E-state index in [1.807, 2.05) is 20.8 Å². The summed E-state index contributed by atoms with van der Waals surface area (Å²) >= 11 is 0. The normalized spacial score (nSPS) is 27.2. The maximum absolute atomic E-state index is 12.0. The van der Waals surface area contributed by atoms with Crippen molar-refractivity contribution in [2.75, 3.05) is 0 Å². The Balaban J connectivity index is 2.60. The lowest BCUT2D eigenvalue weighted by molar-refractivity contribution is -0.173. The third-order valence-electron chi connectivity index (χ3n) is 3.69. The minimum absolute atomic E-state index is 0.109. The van der Waals surface area contributed by atoms with Crippen LogP contribution in [-0.4, -0.2) is 24.3 Å². The fraction of sp³-hybridized carbons (Fsp3) is 0.846. The standard InChI is InChI=1S/C13H20F3NO3/c1-7(2)9-5-4-8(3)6-10(9)20-12(19)17-11(18)13(14,15)16/h7-10H,4-6H2,1-3H3,(H,17,18,19)/t8-,9-,10+/m1/s1. The van der Waals surface area contributed by atoms with Gasteiger partial charge < -0.3 is 4.74 Å². The molecular formula is C13H20F3NO3. The number of alkyl halides is 3. The van der Waals surface area contributed by atoms with E-state index in [-0.39, 0.29) is 11.8 Å². The van der Waals surface area contributed by atoms with Crippen LogP contribution in [0.1, 0.15) is 40.0 Å². The fourth-order valence-electron chi connectivity index (χ4n) is 2.58. The highest BCUT2D eigenvalue weighted by atomic mass is 19.4. The Labute approximate surface area is 116 Å². The summed E-state index contributed by atoms with van der Waals surface area (Å²) in [6.45, 7) is 5.97. The van der Waals surface area contributed by atoms with Crippen molar-refractivity contribution in [3.8, 4) is 0 Å². The number of rotatable bonds is 2. The molecule has 116 valence electrons. The molecule has 0 radical (unpaired) electrons. The number of nitrogens with one attached hydrogen (secondary N) is 1. The lowest BCUT2D eigenvalue weighted by Crippen LogP contribution is -2.44. The Morgan fingerprint density at radius 1 is 1.25 bits per heavy atom. The van der Waals surface area contributed by atoms with Crippen molar-refractivity contribution < 1.29 is 27.5 Å². The van der Waals surface area contributed by atoms with Crippen molar-refractivity contribution in [1.82, 2.24) is 5.32 Å². The predicted octanol–water partition coefficient (Wildman–Crippen LogP) is 3.26. The molecule has 0 aromatic rings. The number of ether oxygens (including phenoxy) is 1. The van der Waals surface area contributed by atoms with Crippen molar-refractivity contribution in [2.45, 2.75) is 52.3 Å². The van der Waals surface area contributed by atoms with Crippen molar-refractivity contribution in [1.29, 1.82) is 0 Å². The van der Waals surface area contributed by atoms with Crippen LogP contribution in [0.3, 0.4) is 0 Å². The summed E-state index contributed by atoms with van der Waals surface area (Å²) in [6.07, 6.45) is -4.38. The van der Waals surface area contributed by atoms with Gasteiger partial charge in [-0.25, -0.2) is 4.79 Å². The molecule has 0 heterocycles. The van der Waals surface area contributed by atoms with Crippen LogP contribution in [0.5, 0.6) is 0 Å². The lowest BCUT2D eigenvalue weighted by Gasteiger charge is -2.36. The third-order valence-corrected chi connectivity index (χ3v) is 3.69. The molecule has 7 heteroatoms. The summed E-state index contributed by atoms with van der Waals surface area (Å²) in [7, 11) is 0. The van der Waals surface area contributed by atoms with E-state index < -0.39 is 24.3 Å². The van der Waals surface area contributed by atoms with Crippen LogP contribution in [0.2, 0.25) is 0 Å². The molecule has 20 heavy (non-hydrogen) atoms. The van der Waals surface area contributed by atoms with Gasteiger partial charge in [0.1, 0.15) is 6.10 Å². The Hall–Kier alpha value is -1.27. The first-order valence-electron chi connectivity index (χ1n) is 6.70. The molecule has 4 nitrogen and oxygen atoms in total. The van der Waals surface area contributed by atoms with E-state index in [1.54, 1.807) is 0 Å². The summed E-state index contributed by atoms with van der Waals surface area (Å²) in [5.74, 6) is -1.58. The van der Waals surface area contributed by atoms with Crippen molar-refractivity contribution in [2.24, 2.45) is 17.8 Å². The zero-order valence-electron chi connectivity index (χ0n) is 11.8. The average Bonchev–Trinajstić information content (AvgIpc) is 2.26. The topological polar surface area (TPSA) is 55.4 Å². The van der Waals surface area contributed by atoms with Gasteiger partial charge in [0, 0.05) is 0 Å². The van der Waals surface area contributed by atoms with Crippen LogP contribution in [0.25, 0.3) is 0 Å². The van der Waals surface area contributed by atoms with Gasteiger partial charge in [-0.05, 0) is 30.6 Å². The van der Waals surface area contributed by atoms with Gasteiger partial charge in [-0.2, -0.15) is 13.2 Å². The molecule has 3 atom stereocenters. The Kier molecular flexibility index (Phi) is 5.42. The van der Waals surface area contributed by atoms with Gasteiger partial charge in [-0.1, -0.05) is 27.2 Å². The number of imide groups is 1. The molecule has 2 amide bonds. The molecule has 0 bridgehead atoms. The zero-order chi connectivity index (χ0) is 15.5. The summed E-state index contributed by atoms with van der Waals surface area (Å²) in [6, 6.07) is 0. The Morgan fingerprint density at radius 3 is 2.35 bits per heavy atom. The molecule has 1 aliphatic rings. The van der Waals surface area contributed by atoms with Gasteiger partial charge in [0.15, 0.2) is 0 Å². The lowest BCUT2D eigenvalue weighted by atomic mass is 9.75. The highest BCUT2D eigenvalue weighted by Crippen LogP contribution is 2.35. The van der Waals surface area contributed by atoms with E-state index in [9.17, 15) is 22.8 Å². The first-order valence-corrected chi connectivity index (χ1v) is 6.70. The zero-order valence-corrected chi connectivity index (χ0v) is 11.8. The molecule has 0 unspecified atom stereocenters. The number of carbonyl (C=O) groups excluding carboxylic acids is 2. The number of carbonyl (C=O) groups is 2. The summed E-state index contributed by atoms with van der Waals surface area (Å²) in [4.78, 5) is 22.0. The van der Waals surface area contributed by atoms with Crippen LogP contribution in [0.4, 0.5) is 18.0 Å². The van der Waals surface area contributed by atoms with Gasteiger partial charge in [-0.15, -0.1) is 0 Å². The van der Waals surface area contributed by atoms with Gasteiger partial charge in [0.25, 0.3) is 0 Å². The molecule has 0 aliphatic heterocycles. The molecule has 0 aromatic carbocycles. The van der Waals surface area contributed by atoms with Crippen LogP contribution in [-0.2, 0) is 9.53 Å². The Morgan fingerprint density at radius 2 is 1.85 bits per heavy atom. The van der Waals surface area contributed by atoms with E-state index in [2.05, 4.69) is 0 Å². The monoisotopic (exact) mass is 295 g/mol. The summed E-state index contributed by atoms with van der Waals surface area (Å²) < 4.78 is 41.1. The molecular weight excluding hydrogens is 275 g/mol. The molecule has 1 N–H and O–H groups in total. The van der Waals surface area contributed by atoms with E-state index >= 15 is 0 Å². The number of hydrogen-bond acceptors (Lipinski definition) is 3. The van der Waals surface area contributed by atoms with Gasteiger partial charge in [0.2, 0.25) is 0 Å². The number of halogens is 3. The maximum atomic E-state index is 12.0. The number of alkyl carbamates (subject to hydrolysis) is 1. The summed E-state index contributed by atoms with van der Waals surface area (Å²) in [5, 5.41) is 1.22. The van der Waals surface area contributed by atoms with Gasteiger partial charge in [-0.3, -0.25) is 10.1 Å². The molecule has 0 spiro atoms. The molecule has 1 saturated carbocycles. The average molecular weight is 295 g/mol. The van der Waals surface area contributed by atoms with Gasteiger partial charge >= 0.3 is 18.2 Å². The predicted molar refractivity (Wildman–Crippen MR) is 65.8 cm³/mol. The van der Waals surface area contributed by atoms with Crippen molar-refractivity contribution in [3.63, 3.8) is 0 Å². The van der Waals surface area contributed by atoms with E-state index in [0.29, 0.717) is 12.3 Å². The highest BCUT2D eigenvalue weighted by Gasteiger charge is 2.41. The molecule has 1 fully saturated rings. The first kappa shape index (κ1) is 16.8. The van der Waals surface area contributed by atoms with Crippen LogP contribution < -0.4 is 5.32 Å². The van der Waals surface area contributed by atoms with E-state index in [1.165, 1.54) is 5.32 Å². The second kappa shape index (κ2) is 6.45. The minimum atomic E-state index is -5.09. The molecule has 1 aliphatic carbocycles. The summed E-state index contributed by atoms with van der Waals surface area (Å²) in [5.41, 5.74) is 0. The largest absolute Gasteiger partial charge is 0.471 e. The van der Waals surface area contributed by atoms with Crippen LogP contribution in [0, 0.1) is 17.8 Å². The highest BCUT2D eigenvalue weighted by molar-refractivity contribution is 5.94. The second-order valence-electron chi connectivity index (χ2n) is 5.72. The van der Waals surface area contributed by atoms with Crippen LogP contribution >= 0.6 is 0 Å². The maximum Gasteiger partial charge on any atom is 0.471 e. The fourth-order valence-corrected chi connectivity index (χ4v) is 2.58. The van der Waals surface area contributed by atoms with Crippen LogP contribution in [0.15, 0.2) is 0 Å². The third kappa shape index (κ3) is 4.68. The molecule has 0 saturated heterocycles. The van der Waals surface area contributed by atoms with Gasteiger partial charge in [0.05, 0.1) is 0 Å². The minimum Gasteiger partial charge on any atom is -0.446 e. The SMILES string of the molecule is CC(C)[C@H]1CC[C@@H](C)C[C@@H]1OC(=O)NC(=O)C(F)(F)F. The smallest absolute Gasteiger partial charge is 0.446 e. The molecule has 1 rings (SSSR count). The Bertz CT molecular complexity index is 368. The first-order chi connectivity index (χ1) is 9.11. The molecule has 0 aromatic heterocycles. The number of amides is 2. The van der Waals surface area contributed by atoms with Crippen molar-refractivity contribution in [3.05, 3.63) is 0 Å². The second-order valence-corrected chi connectivity index (χ2v) is 5.72.